The van der Waals surface area contributed by atoms with Gasteiger partial charge < -0.3 is 10.2 Å². The van der Waals surface area contributed by atoms with Crippen molar-refractivity contribution in [2.45, 2.75) is 13.5 Å². The first-order chi connectivity index (χ1) is 9.26. The van der Waals surface area contributed by atoms with Crippen LogP contribution in [-0.2, 0) is 6.54 Å². The maximum absolute atomic E-state index is 6.15. The van der Waals surface area contributed by atoms with E-state index in [1.54, 1.807) is 6.20 Å². The van der Waals surface area contributed by atoms with E-state index in [1.165, 1.54) is 0 Å². The number of anilines is 2. The van der Waals surface area contributed by atoms with Gasteiger partial charge in [-0.15, -0.1) is 0 Å². The van der Waals surface area contributed by atoms with Gasteiger partial charge in [0.25, 0.3) is 0 Å². The largest absolute Gasteiger partial charge is 0.327 e. The predicted molar refractivity (Wildman–Crippen MR) is 81.1 cm³/mol. The number of benzene rings is 1. The van der Waals surface area contributed by atoms with Crippen LogP contribution in [0.3, 0.4) is 0 Å². The molecule has 19 heavy (non-hydrogen) atoms. The van der Waals surface area contributed by atoms with Crippen LogP contribution in [-0.4, -0.2) is 18.6 Å². The SMILES string of the molecule is CCN(c1ccccc1)c1cc(CNC)c(Cl)cn1. The molecule has 0 fully saturated rings. The second-order valence-corrected chi connectivity index (χ2v) is 4.65. The molecule has 1 heterocycles. The maximum atomic E-state index is 6.15. The summed E-state index contributed by atoms with van der Waals surface area (Å²) in [6.07, 6.45) is 1.72. The van der Waals surface area contributed by atoms with Crippen molar-refractivity contribution in [3.63, 3.8) is 0 Å². The van der Waals surface area contributed by atoms with Crippen LogP contribution < -0.4 is 10.2 Å². The van der Waals surface area contributed by atoms with Gasteiger partial charge in [-0.3, -0.25) is 0 Å². The summed E-state index contributed by atoms with van der Waals surface area (Å²) in [5, 5.41) is 3.81. The quantitative estimate of drug-likeness (QED) is 0.903. The fourth-order valence-corrected chi connectivity index (χ4v) is 2.20. The van der Waals surface area contributed by atoms with Crippen molar-refractivity contribution in [3.05, 3.63) is 53.2 Å². The fourth-order valence-electron chi connectivity index (χ4n) is 2.03. The van der Waals surface area contributed by atoms with E-state index in [0.29, 0.717) is 5.02 Å². The molecular weight excluding hydrogens is 258 g/mol. The minimum atomic E-state index is 0.696. The normalized spacial score (nSPS) is 10.5. The Morgan fingerprint density at radius 3 is 2.63 bits per heavy atom. The number of halogens is 1. The molecule has 0 aliphatic rings. The zero-order chi connectivity index (χ0) is 13.7. The lowest BCUT2D eigenvalue weighted by Crippen LogP contribution is -2.18. The first kappa shape index (κ1) is 13.8. The van der Waals surface area contributed by atoms with Gasteiger partial charge in [-0.2, -0.15) is 0 Å². The van der Waals surface area contributed by atoms with Crippen molar-refractivity contribution in [1.82, 2.24) is 10.3 Å². The maximum Gasteiger partial charge on any atom is 0.133 e. The Hall–Kier alpha value is -1.58. The molecule has 2 aromatic rings. The van der Waals surface area contributed by atoms with E-state index in [2.05, 4.69) is 34.3 Å². The van der Waals surface area contributed by atoms with Gasteiger partial charge >= 0.3 is 0 Å². The molecule has 1 aromatic carbocycles. The predicted octanol–water partition coefficient (Wildman–Crippen LogP) is 3.61. The molecule has 100 valence electrons. The second-order valence-electron chi connectivity index (χ2n) is 4.24. The highest BCUT2D eigenvalue weighted by Crippen LogP contribution is 2.26. The molecule has 0 spiro atoms. The third-order valence-corrected chi connectivity index (χ3v) is 3.29. The number of para-hydroxylation sites is 1. The molecule has 0 unspecified atom stereocenters. The van der Waals surface area contributed by atoms with Crippen molar-refractivity contribution in [3.8, 4) is 0 Å². The Morgan fingerprint density at radius 2 is 2.00 bits per heavy atom. The van der Waals surface area contributed by atoms with E-state index in [9.17, 15) is 0 Å². The van der Waals surface area contributed by atoms with Crippen LogP contribution in [0.5, 0.6) is 0 Å². The molecule has 1 N–H and O–H groups in total. The summed E-state index contributed by atoms with van der Waals surface area (Å²) in [6, 6.07) is 12.3. The summed E-state index contributed by atoms with van der Waals surface area (Å²) in [5.41, 5.74) is 2.19. The van der Waals surface area contributed by atoms with Crippen LogP contribution in [0.2, 0.25) is 5.02 Å². The fraction of sp³-hybridized carbons (Fsp3) is 0.267. The monoisotopic (exact) mass is 275 g/mol. The molecule has 0 amide bonds. The number of pyridine rings is 1. The van der Waals surface area contributed by atoms with Crippen LogP contribution in [0.4, 0.5) is 11.5 Å². The zero-order valence-electron chi connectivity index (χ0n) is 11.2. The first-order valence-electron chi connectivity index (χ1n) is 6.38. The molecule has 3 nitrogen and oxygen atoms in total. The summed E-state index contributed by atoms with van der Waals surface area (Å²) >= 11 is 6.15. The van der Waals surface area contributed by atoms with Gasteiger partial charge in [-0.05, 0) is 37.7 Å². The third-order valence-electron chi connectivity index (χ3n) is 2.95. The molecule has 0 aliphatic heterocycles. The number of hydrogen-bond acceptors (Lipinski definition) is 3. The van der Waals surface area contributed by atoms with E-state index >= 15 is 0 Å². The highest BCUT2D eigenvalue weighted by molar-refractivity contribution is 6.31. The van der Waals surface area contributed by atoms with Crippen LogP contribution >= 0.6 is 11.6 Å². The van der Waals surface area contributed by atoms with Crippen LogP contribution in [0, 0.1) is 0 Å². The highest BCUT2D eigenvalue weighted by atomic mass is 35.5. The Bertz CT molecular complexity index is 528. The topological polar surface area (TPSA) is 28.2 Å². The van der Waals surface area contributed by atoms with Crippen molar-refractivity contribution < 1.29 is 0 Å². The minimum Gasteiger partial charge on any atom is -0.327 e. The standard InChI is InChI=1S/C15H18ClN3/c1-3-19(13-7-5-4-6-8-13)15-9-12(10-17-2)14(16)11-18-15/h4-9,11,17H,3,10H2,1-2H3. The Kier molecular flexibility index (Phi) is 4.77. The lowest BCUT2D eigenvalue weighted by atomic mass is 10.2. The Balaban J connectivity index is 2.36. The molecule has 2 rings (SSSR count). The summed E-state index contributed by atoms with van der Waals surface area (Å²) in [5.74, 6) is 0.920. The van der Waals surface area contributed by atoms with Gasteiger partial charge in [-0.1, -0.05) is 29.8 Å². The molecule has 1 aromatic heterocycles. The number of nitrogens with zero attached hydrogens (tertiary/aromatic N) is 2. The molecule has 4 heteroatoms. The van der Waals surface area contributed by atoms with Crippen LogP contribution in [0.25, 0.3) is 0 Å². The Labute approximate surface area is 119 Å². The summed E-state index contributed by atoms with van der Waals surface area (Å²) in [7, 11) is 1.91. The minimum absolute atomic E-state index is 0.696. The highest BCUT2D eigenvalue weighted by Gasteiger charge is 2.10. The van der Waals surface area contributed by atoms with E-state index in [4.69, 9.17) is 11.6 Å². The van der Waals surface area contributed by atoms with Gasteiger partial charge in [0.1, 0.15) is 5.82 Å². The summed E-state index contributed by atoms with van der Waals surface area (Å²) in [6.45, 7) is 3.71. The Morgan fingerprint density at radius 1 is 1.26 bits per heavy atom. The van der Waals surface area contributed by atoms with Crippen molar-refractivity contribution in [2.24, 2.45) is 0 Å². The summed E-state index contributed by atoms with van der Waals surface area (Å²) < 4.78 is 0. The molecule has 0 aliphatic carbocycles. The molecular formula is C15H18ClN3. The zero-order valence-corrected chi connectivity index (χ0v) is 12.0. The number of nitrogens with one attached hydrogen (secondary N) is 1. The average Bonchev–Trinajstić information content (AvgIpc) is 2.44. The van der Waals surface area contributed by atoms with Crippen LogP contribution in [0.1, 0.15) is 12.5 Å². The van der Waals surface area contributed by atoms with E-state index in [-0.39, 0.29) is 0 Å². The molecule has 0 atom stereocenters. The molecule has 0 radical (unpaired) electrons. The third kappa shape index (κ3) is 3.25. The second kappa shape index (κ2) is 6.55. The van der Waals surface area contributed by atoms with Crippen LogP contribution in [0.15, 0.2) is 42.6 Å². The number of rotatable bonds is 5. The van der Waals surface area contributed by atoms with Crippen molar-refractivity contribution >= 4 is 23.1 Å². The van der Waals surface area contributed by atoms with Crippen molar-refractivity contribution in [1.29, 1.82) is 0 Å². The average molecular weight is 276 g/mol. The molecule has 0 bridgehead atoms. The number of hydrogen-bond donors (Lipinski definition) is 1. The van der Waals surface area contributed by atoms with E-state index in [0.717, 1.165) is 30.2 Å². The number of aromatic nitrogens is 1. The van der Waals surface area contributed by atoms with Crippen molar-refractivity contribution in [2.75, 3.05) is 18.5 Å². The van der Waals surface area contributed by atoms with Gasteiger partial charge in [0.05, 0.1) is 5.02 Å². The van der Waals surface area contributed by atoms with Gasteiger partial charge in [0, 0.05) is 25.0 Å². The first-order valence-corrected chi connectivity index (χ1v) is 6.75. The lowest BCUT2D eigenvalue weighted by molar-refractivity contribution is 0.814. The lowest BCUT2D eigenvalue weighted by Gasteiger charge is -2.22. The molecule has 0 saturated heterocycles. The van der Waals surface area contributed by atoms with E-state index < -0.39 is 0 Å². The molecule has 0 saturated carbocycles. The smallest absolute Gasteiger partial charge is 0.133 e. The van der Waals surface area contributed by atoms with E-state index in [1.807, 2.05) is 31.3 Å². The summed E-state index contributed by atoms with van der Waals surface area (Å²) in [4.78, 5) is 6.60. The van der Waals surface area contributed by atoms with Gasteiger partial charge in [0.2, 0.25) is 0 Å². The van der Waals surface area contributed by atoms with Gasteiger partial charge in [0.15, 0.2) is 0 Å². The van der Waals surface area contributed by atoms with Gasteiger partial charge in [-0.25, -0.2) is 4.98 Å².